The van der Waals surface area contributed by atoms with Crippen molar-refractivity contribution >= 4 is 34.5 Å². The zero-order valence-electron chi connectivity index (χ0n) is 6.54. The quantitative estimate of drug-likeness (QED) is 0.704. The van der Waals surface area contributed by atoms with E-state index in [2.05, 4.69) is 0 Å². The van der Waals surface area contributed by atoms with Crippen LogP contribution in [0.3, 0.4) is 0 Å². The van der Waals surface area contributed by atoms with Crippen molar-refractivity contribution in [3.8, 4) is 0 Å². The van der Waals surface area contributed by atoms with E-state index in [9.17, 15) is 4.21 Å². The summed E-state index contributed by atoms with van der Waals surface area (Å²) >= 11 is 0. The van der Waals surface area contributed by atoms with Crippen LogP contribution in [0.25, 0.3) is 0 Å². The van der Waals surface area contributed by atoms with Crippen LogP contribution >= 0.6 is 24.8 Å². The molecule has 0 heterocycles. The van der Waals surface area contributed by atoms with E-state index in [-0.39, 0.29) is 24.8 Å². The second-order valence-corrected chi connectivity index (χ2v) is 4.62. The minimum Gasteiger partial charge on any atom is -0.330 e. The molecule has 0 radical (unpaired) electrons. The van der Waals surface area contributed by atoms with E-state index < -0.39 is 9.73 Å². The summed E-state index contributed by atoms with van der Waals surface area (Å²) in [6, 6.07) is 0. The third kappa shape index (κ3) is 18.0. The van der Waals surface area contributed by atoms with Crippen molar-refractivity contribution in [3.05, 3.63) is 0 Å². The first kappa shape index (κ1) is 17.5. The normalized spacial score (nSPS) is 14.0. The highest BCUT2D eigenvalue weighted by Crippen LogP contribution is 1.92. The van der Waals surface area contributed by atoms with Crippen molar-refractivity contribution in [3.63, 3.8) is 0 Å². The van der Waals surface area contributed by atoms with Gasteiger partial charge in [0.1, 0.15) is 0 Å². The van der Waals surface area contributed by atoms with E-state index in [0.29, 0.717) is 12.3 Å². The first-order valence-electron chi connectivity index (χ1n) is 2.98. The van der Waals surface area contributed by atoms with Gasteiger partial charge in [0, 0.05) is 21.7 Å². The molecule has 1 atom stereocenters. The molecule has 0 fully saturated rings. The highest BCUT2D eigenvalue weighted by molar-refractivity contribution is 7.91. The molecule has 0 saturated heterocycles. The maximum Gasteiger partial charge on any atom is 0.0412 e. The van der Waals surface area contributed by atoms with E-state index in [1.54, 1.807) is 0 Å². The Morgan fingerprint density at radius 3 is 2.09 bits per heavy atom. The van der Waals surface area contributed by atoms with Crippen molar-refractivity contribution < 1.29 is 4.21 Å². The summed E-state index contributed by atoms with van der Waals surface area (Å²) in [7, 11) is -2.25. The molecule has 0 saturated carbocycles. The van der Waals surface area contributed by atoms with Crippen LogP contribution in [-0.4, -0.2) is 22.8 Å². The second-order valence-electron chi connectivity index (χ2n) is 2.20. The summed E-state index contributed by atoms with van der Waals surface area (Å²) in [4.78, 5) is 0. The molecule has 0 aromatic rings. The van der Waals surface area contributed by atoms with Crippen LogP contribution in [0.2, 0.25) is 0 Å². The van der Waals surface area contributed by atoms with Gasteiger partial charge in [-0.15, -0.1) is 24.8 Å². The van der Waals surface area contributed by atoms with Crippen molar-refractivity contribution in [1.29, 1.82) is 4.78 Å². The van der Waals surface area contributed by atoms with Crippen molar-refractivity contribution in [2.75, 3.05) is 18.6 Å². The third-order valence-corrected chi connectivity index (χ3v) is 2.06. The molecular formula is C5H16Cl2N2OS. The van der Waals surface area contributed by atoms with E-state index in [0.717, 1.165) is 12.8 Å². The molecule has 0 aliphatic rings. The summed E-state index contributed by atoms with van der Waals surface area (Å²) in [6.07, 6.45) is 3.16. The number of nitrogens with two attached hydrogens (primary N) is 1. The lowest BCUT2D eigenvalue weighted by atomic mass is 10.3. The molecular weight excluding hydrogens is 207 g/mol. The second kappa shape index (κ2) is 8.59. The summed E-state index contributed by atoms with van der Waals surface area (Å²) in [5.41, 5.74) is 5.20. The molecule has 0 spiro atoms. The molecule has 72 valence electrons. The molecule has 0 aromatic carbocycles. The van der Waals surface area contributed by atoms with Gasteiger partial charge in [-0.2, -0.15) is 0 Å². The highest BCUT2D eigenvalue weighted by Gasteiger charge is 1.94. The van der Waals surface area contributed by atoms with Crippen LogP contribution in [0.15, 0.2) is 0 Å². The van der Waals surface area contributed by atoms with Gasteiger partial charge in [0.2, 0.25) is 0 Å². The van der Waals surface area contributed by atoms with Gasteiger partial charge in [0.15, 0.2) is 0 Å². The van der Waals surface area contributed by atoms with Crippen molar-refractivity contribution in [2.45, 2.75) is 12.8 Å². The lowest BCUT2D eigenvalue weighted by Crippen LogP contribution is -2.04. The zero-order chi connectivity index (χ0) is 7.33. The molecule has 3 N–H and O–H groups in total. The van der Waals surface area contributed by atoms with Gasteiger partial charge in [-0.1, -0.05) is 0 Å². The molecule has 0 amide bonds. The topological polar surface area (TPSA) is 66.9 Å². The molecule has 3 nitrogen and oxygen atoms in total. The van der Waals surface area contributed by atoms with Gasteiger partial charge in [-0.05, 0) is 19.4 Å². The predicted octanol–water partition coefficient (Wildman–Crippen LogP) is 1.25. The SMILES string of the molecule is CS(=N)(=O)CCCCN.Cl.Cl. The van der Waals surface area contributed by atoms with Gasteiger partial charge in [0.05, 0.1) is 0 Å². The maximum atomic E-state index is 10.7. The van der Waals surface area contributed by atoms with Crippen LogP contribution in [0.4, 0.5) is 0 Å². The van der Waals surface area contributed by atoms with Crippen LogP contribution in [0, 0.1) is 4.78 Å². The fourth-order valence-corrected chi connectivity index (χ4v) is 1.28. The van der Waals surface area contributed by atoms with Crippen LogP contribution in [0.1, 0.15) is 12.8 Å². The Morgan fingerprint density at radius 1 is 1.36 bits per heavy atom. The van der Waals surface area contributed by atoms with Crippen molar-refractivity contribution in [2.24, 2.45) is 5.73 Å². The number of hydrogen-bond donors (Lipinski definition) is 2. The van der Waals surface area contributed by atoms with E-state index in [1.807, 2.05) is 0 Å². The Balaban J connectivity index is -0.000000320. The summed E-state index contributed by atoms with van der Waals surface area (Å²) < 4.78 is 17.7. The summed E-state index contributed by atoms with van der Waals surface area (Å²) in [5, 5.41) is 0. The lowest BCUT2D eigenvalue weighted by Gasteiger charge is -1.97. The number of nitrogens with one attached hydrogen (secondary N) is 1. The minimum atomic E-state index is -2.25. The average Bonchev–Trinajstić information content (AvgIpc) is 1.63. The van der Waals surface area contributed by atoms with E-state index in [4.69, 9.17) is 10.5 Å². The average molecular weight is 223 g/mol. The Hall–Kier alpha value is 0.490. The van der Waals surface area contributed by atoms with Gasteiger partial charge >= 0.3 is 0 Å². The molecule has 1 unspecified atom stereocenters. The molecule has 0 aliphatic carbocycles. The molecule has 0 bridgehead atoms. The Labute approximate surface area is 80.9 Å². The van der Waals surface area contributed by atoms with Crippen LogP contribution in [-0.2, 0) is 9.73 Å². The first-order valence-corrected chi connectivity index (χ1v) is 5.11. The summed E-state index contributed by atoms with van der Waals surface area (Å²) in [5.74, 6) is 0.490. The third-order valence-electron chi connectivity index (χ3n) is 0.988. The van der Waals surface area contributed by atoms with E-state index >= 15 is 0 Å². The van der Waals surface area contributed by atoms with Crippen LogP contribution < -0.4 is 5.73 Å². The van der Waals surface area contributed by atoms with E-state index in [1.165, 1.54) is 6.26 Å². The first-order chi connectivity index (χ1) is 4.06. The molecule has 0 rings (SSSR count). The Bertz CT molecular complexity index is 158. The van der Waals surface area contributed by atoms with Gasteiger partial charge in [-0.25, -0.2) is 0 Å². The van der Waals surface area contributed by atoms with Gasteiger partial charge in [-0.3, -0.25) is 8.99 Å². The molecule has 6 heteroatoms. The number of unbranched alkanes of at least 4 members (excludes halogenated alkanes) is 1. The number of halogens is 2. The van der Waals surface area contributed by atoms with Crippen molar-refractivity contribution in [1.82, 2.24) is 0 Å². The smallest absolute Gasteiger partial charge is 0.0412 e. The number of hydrogen-bond acceptors (Lipinski definition) is 3. The van der Waals surface area contributed by atoms with Gasteiger partial charge < -0.3 is 5.73 Å². The summed E-state index contributed by atoms with van der Waals surface area (Å²) in [6.45, 7) is 0.634. The van der Waals surface area contributed by atoms with Gasteiger partial charge in [0.25, 0.3) is 0 Å². The maximum absolute atomic E-state index is 10.7. The molecule has 0 aromatic heterocycles. The molecule has 0 aliphatic heterocycles. The van der Waals surface area contributed by atoms with Crippen LogP contribution in [0.5, 0.6) is 0 Å². The zero-order valence-corrected chi connectivity index (χ0v) is 8.99. The lowest BCUT2D eigenvalue weighted by molar-refractivity contribution is 0.673. The monoisotopic (exact) mass is 222 g/mol. The fraction of sp³-hybridized carbons (Fsp3) is 1.00. The Kier molecular flexibility index (Phi) is 13.7. The minimum absolute atomic E-state index is 0. The largest absolute Gasteiger partial charge is 0.330 e. The standard InChI is InChI=1S/C5H14N2OS.2ClH/c1-9(7,8)5-3-2-4-6;;/h7H,2-6H2,1H3;2*1H. The highest BCUT2D eigenvalue weighted by atomic mass is 35.5. The fourth-order valence-electron chi connectivity index (χ4n) is 0.522. The number of rotatable bonds is 4. The predicted molar refractivity (Wildman–Crippen MR) is 54.4 cm³/mol. The Morgan fingerprint density at radius 2 is 1.82 bits per heavy atom. The molecule has 11 heavy (non-hydrogen) atoms.